The summed E-state index contributed by atoms with van der Waals surface area (Å²) in [6.45, 7) is -9.81. The van der Waals surface area contributed by atoms with Gasteiger partial charge in [-0.25, -0.2) is 8.78 Å². The smallest absolute Gasteiger partial charge is 0.253 e. The molecule has 1 aromatic heterocycles. The summed E-state index contributed by atoms with van der Waals surface area (Å²) in [7, 11) is 0. The number of aryl methyl sites for hydroxylation is 2. The minimum Gasteiger partial charge on any atom is -0.338 e. The summed E-state index contributed by atoms with van der Waals surface area (Å²) < 4.78 is 135. The number of rotatable bonds is 5. The summed E-state index contributed by atoms with van der Waals surface area (Å²) in [4.78, 5) is 16.6. The first-order valence-electron chi connectivity index (χ1n) is 14.3. The molecule has 2 aromatic rings. The Bertz CT molecular complexity index is 1300. The van der Waals surface area contributed by atoms with Gasteiger partial charge in [0.05, 0.1) is 5.02 Å². The zero-order chi connectivity index (χ0) is 30.9. The molecule has 27 heavy (non-hydrogen) atoms. The van der Waals surface area contributed by atoms with Crippen molar-refractivity contribution in [3.05, 3.63) is 64.2 Å². The number of carbonyl (C=O) groups excluding carboxylic acids is 1. The lowest BCUT2D eigenvalue weighted by Crippen LogP contribution is -2.44. The van der Waals surface area contributed by atoms with E-state index in [1.807, 2.05) is 0 Å². The molecule has 1 amide bonds. The number of amides is 1. The fraction of sp³-hybridized carbons (Fsp3) is 0.429. The van der Waals surface area contributed by atoms with E-state index in [0.29, 0.717) is 0 Å². The Morgan fingerprint density at radius 2 is 2.30 bits per heavy atom. The number of hydrogen-bond donors (Lipinski definition) is 0. The van der Waals surface area contributed by atoms with Crippen LogP contribution in [0.5, 0.6) is 0 Å². The lowest BCUT2D eigenvalue weighted by molar-refractivity contribution is 0.0389. The van der Waals surface area contributed by atoms with Crippen molar-refractivity contribution < 1.29 is 31.4 Å². The Morgan fingerprint density at radius 1 is 1.44 bits per heavy atom. The molecule has 1 unspecified atom stereocenters. The number of halogens is 3. The van der Waals surface area contributed by atoms with Gasteiger partial charge in [0.2, 0.25) is 0 Å². The van der Waals surface area contributed by atoms with Gasteiger partial charge in [0.15, 0.2) is 0 Å². The zero-order valence-electron chi connectivity index (χ0n) is 26.8. The third-order valence-electron chi connectivity index (χ3n) is 3.62. The molecule has 0 saturated carbocycles. The van der Waals surface area contributed by atoms with Gasteiger partial charge in [0.1, 0.15) is 11.5 Å². The van der Waals surface area contributed by atoms with Crippen LogP contribution in [0.2, 0.25) is 5.02 Å². The average molecular weight is 406 g/mol. The van der Waals surface area contributed by atoms with E-state index in [-0.39, 0.29) is 10.5 Å². The third kappa shape index (κ3) is 5.04. The molecule has 3 rings (SSSR count). The maximum Gasteiger partial charge on any atom is 0.253 e. The van der Waals surface area contributed by atoms with Gasteiger partial charge in [-0.3, -0.25) is 9.78 Å². The van der Waals surface area contributed by atoms with Crippen LogP contribution in [0.1, 0.15) is 65.0 Å². The van der Waals surface area contributed by atoms with Gasteiger partial charge in [-0.2, -0.15) is 0 Å². The maximum atomic E-state index is 16.6. The number of likely N-dealkylation sites (tertiary alicyclic amines) is 1. The van der Waals surface area contributed by atoms with Gasteiger partial charge in [0, 0.05) is 48.3 Å². The van der Waals surface area contributed by atoms with Crippen LogP contribution in [0.4, 0.5) is 8.78 Å². The first-order valence-corrected chi connectivity index (χ1v) is 8.15. The van der Waals surface area contributed by atoms with Crippen molar-refractivity contribution in [3.8, 4) is 0 Å². The number of pyridine rings is 1. The number of carbonyl (C=O) groups is 1. The summed E-state index contributed by atoms with van der Waals surface area (Å²) in [6, 6.07) is 4.26. The second-order valence-electron chi connectivity index (χ2n) is 5.60. The molecule has 1 saturated heterocycles. The minimum atomic E-state index is -4.06. The van der Waals surface area contributed by atoms with Crippen molar-refractivity contribution in [2.75, 3.05) is 13.0 Å². The lowest BCUT2D eigenvalue weighted by Gasteiger charge is -2.36. The SMILES string of the molecule is [2H]C([2H])([2H])c1ccc(C([2H])([2H])CC([2H])([2H])C2(F)CC([2H])([2H])N(C(=O)c3ccc(F)c(Cl)c3)C([2H])([2H])C2([2H])[2H])nc1. The van der Waals surface area contributed by atoms with Crippen LogP contribution >= 0.6 is 11.6 Å². The highest BCUT2D eigenvalue weighted by atomic mass is 35.5. The molecule has 1 fully saturated rings. The van der Waals surface area contributed by atoms with Crippen molar-refractivity contribution in [1.29, 1.82) is 0 Å². The Morgan fingerprint density at radius 3 is 3.00 bits per heavy atom. The van der Waals surface area contributed by atoms with E-state index in [0.717, 1.165) is 36.5 Å². The predicted molar refractivity (Wildman–Crippen MR) is 102 cm³/mol. The van der Waals surface area contributed by atoms with E-state index in [1.54, 1.807) is 0 Å². The Balaban J connectivity index is 2.04. The molecule has 6 heteroatoms. The third-order valence-corrected chi connectivity index (χ3v) is 3.91. The highest BCUT2D eigenvalue weighted by Crippen LogP contribution is 2.32. The van der Waals surface area contributed by atoms with Crippen molar-refractivity contribution in [2.24, 2.45) is 0 Å². The number of hydrogen-bond acceptors (Lipinski definition) is 2. The lowest BCUT2D eigenvalue weighted by atomic mass is 9.87. The molecular formula is C21H23ClF2N2O. The van der Waals surface area contributed by atoms with Crippen LogP contribution in [0.25, 0.3) is 0 Å². The van der Waals surface area contributed by atoms with E-state index in [1.165, 1.54) is 0 Å². The fourth-order valence-electron chi connectivity index (χ4n) is 2.18. The topological polar surface area (TPSA) is 33.2 Å². The van der Waals surface area contributed by atoms with Gasteiger partial charge >= 0.3 is 0 Å². The van der Waals surface area contributed by atoms with Crippen LogP contribution in [0, 0.1) is 12.7 Å². The molecular weight excluding hydrogens is 370 g/mol. The molecule has 0 bridgehead atoms. The van der Waals surface area contributed by atoms with E-state index in [2.05, 4.69) is 4.98 Å². The normalized spacial score (nSPS) is 34.2. The molecule has 3 nitrogen and oxygen atoms in total. The van der Waals surface area contributed by atoms with Crippen LogP contribution in [-0.4, -0.2) is 34.5 Å². The highest BCUT2D eigenvalue weighted by molar-refractivity contribution is 6.31. The molecule has 0 spiro atoms. The average Bonchev–Trinajstić information content (AvgIpc) is 2.78. The Hall–Kier alpha value is -2.01. The summed E-state index contributed by atoms with van der Waals surface area (Å²) in [5.41, 5.74) is -5.39. The van der Waals surface area contributed by atoms with Crippen molar-refractivity contribution in [2.45, 2.75) is 44.5 Å². The predicted octanol–water partition coefficient (Wildman–Crippen LogP) is 5.15. The quantitative estimate of drug-likeness (QED) is 0.689. The zero-order valence-corrected chi connectivity index (χ0v) is 14.6. The van der Waals surface area contributed by atoms with Crippen molar-refractivity contribution >= 4 is 17.5 Å². The van der Waals surface area contributed by atoms with Gasteiger partial charge in [-0.15, -0.1) is 0 Å². The van der Waals surface area contributed by atoms with Crippen LogP contribution < -0.4 is 0 Å². The monoisotopic (exact) mass is 405 g/mol. The second kappa shape index (κ2) is 8.34. The van der Waals surface area contributed by atoms with E-state index in [9.17, 15) is 9.18 Å². The molecule has 0 aliphatic carbocycles. The van der Waals surface area contributed by atoms with Gasteiger partial charge < -0.3 is 4.90 Å². The molecule has 1 atom stereocenters. The van der Waals surface area contributed by atoms with E-state index >= 15 is 4.39 Å². The largest absolute Gasteiger partial charge is 0.338 e. The van der Waals surface area contributed by atoms with E-state index < -0.39 is 85.5 Å². The summed E-state index contributed by atoms with van der Waals surface area (Å²) in [5.74, 6) is -2.47. The number of piperidine rings is 1. The van der Waals surface area contributed by atoms with Crippen LogP contribution in [0.15, 0.2) is 36.5 Å². The molecule has 2 heterocycles. The van der Waals surface area contributed by atoms with Gasteiger partial charge in [-0.05, 0) is 68.6 Å². The van der Waals surface area contributed by atoms with E-state index in [4.69, 9.17) is 29.4 Å². The summed E-state index contributed by atoms with van der Waals surface area (Å²) in [5, 5.41) is -0.578. The first kappa shape index (κ1) is 8.99. The molecule has 1 aliphatic rings. The summed E-state index contributed by atoms with van der Waals surface area (Å²) in [6.07, 6.45) is -12.8. The van der Waals surface area contributed by atoms with Crippen molar-refractivity contribution in [3.63, 3.8) is 0 Å². The van der Waals surface area contributed by atoms with Crippen LogP contribution in [-0.2, 0) is 6.37 Å². The molecule has 144 valence electrons. The number of aromatic nitrogens is 1. The number of benzene rings is 1. The molecule has 0 N–H and O–H groups in total. The van der Waals surface area contributed by atoms with Crippen molar-refractivity contribution in [1.82, 2.24) is 9.88 Å². The molecule has 0 radical (unpaired) electrons. The molecule has 1 aromatic carbocycles. The molecule has 1 aliphatic heterocycles. The van der Waals surface area contributed by atoms with Gasteiger partial charge in [-0.1, -0.05) is 17.7 Å². The first-order chi connectivity index (χ1) is 17.8. The Kier molecular flexibility index (Phi) is 2.78. The number of alkyl halides is 1. The summed E-state index contributed by atoms with van der Waals surface area (Å²) >= 11 is 5.66. The standard InChI is InChI=1S/C21H23ClF2N2O/c1-15-4-6-17(25-14-15)3-2-8-21(24)9-11-26(12-10-21)20(27)16-5-7-19(23)18(22)13-16/h4-7,13-14H,2-3,8-12H2,1H3/i1D3,3D2,8D2,9D2,11D2,12D2. The maximum absolute atomic E-state index is 16.6. The Labute approximate surface area is 181 Å². The minimum absolute atomic E-state index is 0.235. The number of nitrogens with zero attached hydrogens (tertiary/aromatic N) is 2. The van der Waals surface area contributed by atoms with Gasteiger partial charge in [0.25, 0.3) is 5.91 Å². The second-order valence-corrected chi connectivity index (χ2v) is 6.01. The fourth-order valence-corrected chi connectivity index (χ4v) is 2.36. The highest BCUT2D eigenvalue weighted by Gasteiger charge is 2.35. The van der Waals surface area contributed by atoms with Crippen LogP contribution in [0.3, 0.4) is 0 Å².